The van der Waals surface area contributed by atoms with Crippen LogP contribution in [-0.4, -0.2) is 13.6 Å². The summed E-state index contributed by atoms with van der Waals surface area (Å²) in [6.45, 7) is 0. The van der Waals surface area contributed by atoms with Crippen LogP contribution in [0.3, 0.4) is 0 Å². The monoisotopic (exact) mass is 229 g/mol. The molecular weight excluding hydrogens is 229 g/mol. The fourth-order valence-corrected chi connectivity index (χ4v) is 0.554. The van der Waals surface area contributed by atoms with Gasteiger partial charge in [0.25, 0.3) is 0 Å². The van der Waals surface area contributed by atoms with Crippen molar-refractivity contribution >= 4 is 16.1 Å². The summed E-state index contributed by atoms with van der Waals surface area (Å²) >= 11 is 2.57. The maximum absolute atomic E-state index is 10.5. The van der Waals surface area contributed by atoms with E-state index in [9.17, 15) is 14.7 Å². The van der Waals surface area contributed by atoms with Crippen molar-refractivity contribution in [3.05, 3.63) is 21.0 Å². The van der Waals surface area contributed by atoms with Crippen LogP contribution in [0.2, 0.25) is 0 Å². The van der Waals surface area contributed by atoms with Crippen molar-refractivity contribution in [2.75, 3.05) is 0 Å². The molecule has 6 nitrogen and oxygen atoms in total. The van der Waals surface area contributed by atoms with Gasteiger partial charge in [0.1, 0.15) is 0 Å². The van der Waals surface area contributed by atoms with Crippen molar-refractivity contribution in [3.8, 4) is 6.01 Å². The van der Waals surface area contributed by atoms with E-state index in [1.165, 1.54) is 0 Å². The number of aromatic nitrogens is 3. The molecule has 0 atom stereocenters. The zero-order chi connectivity index (χ0) is 7.72. The Morgan fingerprint density at radius 1 is 1.55 bits per heavy atom. The summed E-state index contributed by atoms with van der Waals surface area (Å²) in [6.07, 6.45) is 0. The van der Waals surface area contributed by atoms with Gasteiger partial charge in [-0.1, -0.05) is 0 Å². The Hall–Kier alpha value is -0.110. The Bertz CT molecular complexity index is 326. The van der Waals surface area contributed by atoms with Gasteiger partial charge in [-0.05, 0) is 0 Å². The van der Waals surface area contributed by atoms with Crippen molar-refractivity contribution in [2.24, 2.45) is 0 Å². The van der Waals surface area contributed by atoms with Crippen molar-refractivity contribution in [2.45, 2.75) is 0 Å². The van der Waals surface area contributed by atoms with E-state index >= 15 is 0 Å². The summed E-state index contributed by atoms with van der Waals surface area (Å²) < 4.78 is 0.522. The number of nitrogens with one attached hydrogen (secondary N) is 1. The normalized spacial score (nSPS) is 8.82. The molecule has 0 aromatic carbocycles. The third kappa shape index (κ3) is 2.44. The molecule has 0 fully saturated rings. The van der Waals surface area contributed by atoms with Crippen LogP contribution in [0.15, 0.2) is 9.59 Å². The molecule has 8 heteroatoms. The van der Waals surface area contributed by atoms with Crippen LogP contribution in [0.25, 0.3) is 0 Å². The Morgan fingerprint density at radius 2 is 2.09 bits per heavy atom. The number of rotatable bonds is 0. The predicted octanol–water partition coefficient (Wildman–Crippen LogP) is -4.83. The molecule has 0 spiro atoms. The molecule has 0 saturated heterocycles. The third-order valence-corrected chi connectivity index (χ3v) is 1.38. The van der Waals surface area contributed by atoms with Crippen molar-refractivity contribution < 1.29 is 34.7 Å². The molecule has 0 unspecified atom stereocenters. The van der Waals surface area contributed by atoms with Gasteiger partial charge in [-0.15, -0.1) is 0 Å². The molecule has 1 N–H and O–H groups in total. The zero-order valence-corrected chi connectivity index (χ0v) is 9.08. The minimum atomic E-state index is -0.939. The molecule has 0 radical (unpaired) electrons. The standard InChI is InChI=1S/C3H2BrN3O3.Na/c4-7-2(9)5-1(8)6-3(7)10;/h(H2,5,6,8,9,10);/q;+1/p-1. The summed E-state index contributed by atoms with van der Waals surface area (Å²) in [7, 11) is 0. The van der Waals surface area contributed by atoms with Crippen LogP contribution in [0.5, 0.6) is 6.01 Å². The van der Waals surface area contributed by atoms with Gasteiger partial charge < -0.3 is 10.1 Å². The first-order chi connectivity index (χ1) is 4.61. The van der Waals surface area contributed by atoms with E-state index in [0.717, 1.165) is 0 Å². The number of hydrogen-bond donors (Lipinski definition) is 1. The Morgan fingerprint density at radius 3 is 2.55 bits per heavy atom. The Balaban J connectivity index is 0.000001000. The van der Waals surface area contributed by atoms with E-state index in [1.807, 2.05) is 0 Å². The second-order valence-electron chi connectivity index (χ2n) is 1.41. The topological polar surface area (TPSA) is 90.8 Å². The van der Waals surface area contributed by atoms with E-state index < -0.39 is 17.4 Å². The van der Waals surface area contributed by atoms with Gasteiger partial charge >= 0.3 is 40.9 Å². The van der Waals surface area contributed by atoms with Gasteiger partial charge in [0.2, 0.25) is 0 Å². The number of halogens is 1. The molecule has 0 bridgehead atoms. The van der Waals surface area contributed by atoms with E-state index in [1.54, 1.807) is 4.98 Å². The quantitative estimate of drug-likeness (QED) is 0.452. The van der Waals surface area contributed by atoms with Gasteiger partial charge in [0, 0.05) is 0 Å². The average molecular weight is 230 g/mol. The van der Waals surface area contributed by atoms with E-state index in [-0.39, 0.29) is 29.6 Å². The number of H-pyrrole nitrogens is 1. The first kappa shape index (κ1) is 10.9. The summed E-state index contributed by atoms with van der Waals surface area (Å²) in [5.41, 5.74) is -1.75. The molecule has 54 valence electrons. The molecule has 0 aliphatic carbocycles. The van der Waals surface area contributed by atoms with E-state index in [2.05, 4.69) is 21.1 Å². The molecule has 0 saturated carbocycles. The minimum Gasteiger partial charge on any atom is -0.846 e. The van der Waals surface area contributed by atoms with Crippen molar-refractivity contribution in [1.82, 2.24) is 13.6 Å². The number of nitrogens with zero attached hydrogens (tertiary/aromatic N) is 2. The molecule has 11 heavy (non-hydrogen) atoms. The van der Waals surface area contributed by atoms with Gasteiger partial charge in [0.05, 0.1) is 22.2 Å². The fourth-order valence-electron chi connectivity index (χ4n) is 0.386. The first-order valence-corrected chi connectivity index (χ1v) is 2.89. The van der Waals surface area contributed by atoms with Crippen LogP contribution >= 0.6 is 16.1 Å². The van der Waals surface area contributed by atoms with Crippen LogP contribution in [-0.2, 0) is 0 Å². The zero-order valence-electron chi connectivity index (χ0n) is 5.50. The van der Waals surface area contributed by atoms with Crippen LogP contribution in [0.1, 0.15) is 0 Å². The smallest absolute Gasteiger partial charge is 0.846 e. The minimum absolute atomic E-state index is 0. The van der Waals surface area contributed by atoms with Gasteiger partial charge in [-0.25, -0.2) is 9.59 Å². The molecule has 1 rings (SSSR count). The molecule has 1 aromatic rings. The molecule has 0 amide bonds. The Labute approximate surface area is 90.9 Å². The average Bonchev–Trinajstić information content (AvgIpc) is 1.82. The van der Waals surface area contributed by atoms with Gasteiger partial charge in [-0.2, -0.15) is 8.58 Å². The third-order valence-electron chi connectivity index (χ3n) is 0.757. The first-order valence-electron chi connectivity index (χ1n) is 2.18. The van der Waals surface area contributed by atoms with Gasteiger partial charge in [-0.3, -0.25) is 0 Å². The van der Waals surface area contributed by atoms with Crippen molar-refractivity contribution in [1.29, 1.82) is 0 Å². The molecule has 0 aliphatic heterocycles. The maximum Gasteiger partial charge on any atom is 1.00 e. The van der Waals surface area contributed by atoms with Crippen LogP contribution in [0, 0.1) is 0 Å². The summed E-state index contributed by atoms with van der Waals surface area (Å²) in [5.74, 6) is 0. The number of hydrogen-bond acceptors (Lipinski definition) is 4. The number of aromatic amines is 1. The van der Waals surface area contributed by atoms with Crippen molar-refractivity contribution in [3.63, 3.8) is 0 Å². The summed E-state index contributed by atoms with van der Waals surface area (Å²) in [6, 6.07) is -0.939. The summed E-state index contributed by atoms with van der Waals surface area (Å²) in [5, 5.41) is 10.3. The van der Waals surface area contributed by atoms with E-state index in [4.69, 9.17) is 0 Å². The molecule has 1 aromatic heterocycles. The predicted molar refractivity (Wildman–Crippen MR) is 32.9 cm³/mol. The van der Waals surface area contributed by atoms with Crippen LogP contribution in [0.4, 0.5) is 0 Å². The summed E-state index contributed by atoms with van der Waals surface area (Å²) in [4.78, 5) is 25.6. The second-order valence-corrected chi connectivity index (χ2v) is 2.12. The molecular formula is C3HBrN3NaO3. The maximum atomic E-state index is 10.5. The van der Waals surface area contributed by atoms with Gasteiger partial charge in [0.15, 0.2) is 0 Å². The second kappa shape index (κ2) is 4.05. The SMILES string of the molecule is O=c1nc([O-])[nH]c(=O)n1Br.[Na+]. The van der Waals surface area contributed by atoms with Crippen LogP contribution < -0.4 is 46.0 Å². The molecule has 1 heterocycles. The Kier molecular flexibility index (Phi) is 4.01. The van der Waals surface area contributed by atoms with E-state index in [0.29, 0.717) is 3.59 Å². The largest absolute Gasteiger partial charge is 1.00 e. The fraction of sp³-hybridized carbons (Fsp3) is 0. The molecule has 0 aliphatic rings.